The highest BCUT2D eigenvalue weighted by Crippen LogP contribution is 2.32. The number of aromatic nitrogens is 1. The van der Waals surface area contributed by atoms with E-state index in [0.29, 0.717) is 17.4 Å². The average Bonchev–Trinajstić information content (AvgIpc) is 2.41. The summed E-state index contributed by atoms with van der Waals surface area (Å²) < 4.78 is 4.93. The van der Waals surface area contributed by atoms with E-state index in [-0.39, 0.29) is 5.97 Å². The maximum Gasteiger partial charge on any atom is 0.339 e. The van der Waals surface area contributed by atoms with Crippen LogP contribution in [-0.2, 0) is 4.74 Å². The average molecular weight is 265 g/mol. The van der Waals surface area contributed by atoms with E-state index in [1.54, 1.807) is 19.2 Å². The Morgan fingerprint density at radius 3 is 2.78 bits per heavy atom. The highest BCUT2D eigenvalue weighted by Gasteiger charge is 2.15. The topological polar surface area (TPSA) is 39.2 Å². The van der Waals surface area contributed by atoms with Gasteiger partial charge in [0.05, 0.1) is 17.2 Å². The molecule has 1 aromatic rings. The van der Waals surface area contributed by atoms with E-state index < -0.39 is 0 Å². The Morgan fingerprint density at radius 2 is 2.17 bits per heavy atom. The van der Waals surface area contributed by atoms with Crippen LogP contribution in [0, 0.1) is 0 Å². The third-order valence-electron chi connectivity index (χ3n) is 3.09. The van der Waals surface area contributed by atoms with Crippen molar-refractivity contribution in [3.05, 3.63) is 23.9 Å². The Labute approximate surface area is 112 Å². The molecule has 0 N–H and O–H groups in total. The van der Waals surface area contributed by atoms with Crippen molar-refractivity contribution in [1.82, 2.24) is 4.98 Å². The van der Waals surface area contributed by atoms with Crippen LogP contribution in [0.4, 0.5) is 0 Å². The van der Waals surface area contributed by atoms with Crippen LogP contribution in [0.2, 0.25) is 0 Å². The van der Waals surface area contributed by atoms with Gasteiger partial charge in [-0.05, 0) is 31.9 Å². The summed E-state index contributed by atoms with van der Waals surface area (Å²) in [6, 6.07) is 3.72. The molecule has 1 heterocycles. The van der Waals surface area contributed by atoms with Crippen LogP contribution in [0.5, 0.6) is 0 Å². The van der Waals surface area contributed by atoms with Gasteiger partial charge in [-0.1, -0.05) is 19.3 Å². The van der Waals surface area contributed by atoms with Gasteiger partial charge >= 0.3 is 5.97 Å². The summed E-state index contributed by atoms with van der Waals surface area (Å²) in [5.74, 6) is -0.292. The molecule has 0 bridgehead atoms. The Bertz CT molecular complexity index is 385. The molecule has 0 unspecified atom stereocenters. The number of hydrogen-bond donors (Lipinski definition) is 0. The van der Waals surface area contributed by atoms with E-state index in [2.05, 4.69) is 4.98 Å². The van der Waals surface area contributed by atoms with Gasteiger partial charge in [0.25, 0.3) is 0 Å². The van der Waals surface area contributed by atoms with Crippen molar-refractivity contribution in [3.8, 4) is 0 Å². The molecule has 4 heteroatoms. The number of carbonyl (C=O) groups is 1. The molecule has 0 aromatic carbocycles. The minimum absolute atomic E-state index is 0.292. The largest absolute Gasteiger partial charge is 0.462 e. The molecule has 0 radical (unpaired) electrons. The number of rotatable bonds is 4. The standard InChI is InChI=1S/C14H19NO2S/c1-2-17-14(16)11-8-9-13(15-10-11)18-12-6-4-3-5-7-12/h8-10,12H,2-7H2,1H3. The second-order valence-electron chi connectivity index (χ2n) is 4.48. The zero-order valence-corrected chi connectivity index (χ0v) is 11.5. The van der Waals surface area contributed by atoms with Gasteiger partial charge in [-0.25, -0.2) is 9.78 Å². The van der Waals surface area contributed by atoms with Gasteiger partial charge in [0, 0.05) is 11.4 Å². The van der Waals surface area contributed by atoms with Crippen LogP contribution in [0.3, 0.4) is 0 Å². The SMILES string of the molecule is CCOC(=O)c1ccc(SC2CCCCC2)nc1. The molecule has 3 nitrogen and oxygen atoms in total. The summed E-state index contributed by atoms with van der Waals surface area (Å²) in [7, 11) is 0. The first kappa shape index (κ1) is 13.4. The second-order valence-corrected chi connectivity index (χ2v) is 5.80. The van der Waals surface area contributed by atoms with Crippen molar-refractivity contribution in [2.24, 2.45) is 0 Å². The van der Waals surface area contributed by atoms with Gasteiger partial charge in [0.2, 0.25) is 0 Å². The lowest BCUT2D eigenvalue weighted by Gasteiger charge is -2.20. The first-order valence-electron chi connectivity index (χ1n) is 6.59. The molecule has 1 aliphatic rings. The summed E-state index contributed by atoms with van der Waals surface area (Å²) in [6.45, 7) is 2.20. The Morgan fingerprint density at radius 1 is 1.39 bits per heavy atom. The highest BCUT2D eigenvalue weighted by atomic mass is 32.2. The summed E-state index contributed by atoms with van der Waals surface area (Å²) in [5.41, 5.74) is 0.532. The fraction of sp³-hybridized carbons (Fsp3) is 0.571. The molecule has 1 saturated carbocycles. The van der Waals surface area contributed by atoms with Crippen molar-refractivity contribution in [1.29, 1.82) is 0 Å². The number of nitrogens with zero attached hydrogens (tertiary/aromatic N) is 1. The van der Waals surface area contributed by atoms with Crippen LogP contribution in [-0.4, -0.2) is 22.8 Å². The van der Waals surface area contributed by atoms with Crippen LogP contribution < -0.4 is 0 Å². The normalized spacial score (nSPS) is 16.5. The summed E-state index contributed by atoms with van der Waals surface area (Å²) >= 11 is 1.84. The minimum atomic E-state index is -0.292. The molecule has 0 saturated heterocycles. The second kappa shape index (κ2) is 6.78. The lowest BCUT2D eigenvalue weighted by atomic mass is 10.0. The first-order valence-corrected chi connectivity index (χ1v) is 7.47. The number of carbonyl (C=O) groups excluding carboxylic acids is 1. The van der Waals surface area contributed by atoms with E-state index >= 15 is 0 Å². The van der Waals surface area contributed by atoms with Crippen LogP contribution in [0.25, 0.3) is 0 Å². The van der Waals surface area contributed by atoms with Crippen molar-refractivity contribution in [3.63, 3.8) is 0 Å². The van der Waals surface area contributed by atoms with Crippen LogP contribution in [0.15, 0.2) is 23.4 Å². The quantitative estimate of drug-likeness (QED) is 0.778. The fourth-order valence-electron chi connectivity index (χ4n) is 2.14. The van der Waals surface area contributed by atoms with E-state index in [4.69, 9.17) is 4.74 Å². The van der Waals surface area contributed by atoms with Gasteiger partial charge in [-0.2, -0.15) is 0 Å². The molecule has 0 amide bonds. The molecule has 0 spiro atoms. The van der Waals surface area contributed by atoms with Crippen LogP contribution in [0.1, 0.15) is 49.4 Å². The zero-order chi connectivity index (χ0) is 12.8. The van der Waals surface area contributed by atoms with Crippen molar-refractivity contribution in [2.45, 2.75) is 49.3 Å². The summed E-state index contributed by atoms with van der Waals surface area (Å²) in [5, 5.41) is 1.70. The molecule has 0 atom stereocenters. The molecule has 1 aliphatic carbocycles. The van der Waals surface area contributed by atoms with Gasteiger partial charge in [0.1, 0.15) is 0 Å². The van der Waals surface area contributed by atoms with E-state index in [1.165, 1.54) is 32.1 Å². The molecule has 98 valence electrons. The van der Waals surface area contributed by atoms with Crippen LogP contribution >= 0.6 is 11.8 Å². The predicted octanol–water partition coefficient (Wildman–Crippen LogP) is 3.68. The number of esters is 1. The van der Waals surface area contributed by atoms with Gasteiger partial charge < -0.3 is 4.74 Å². The first-order chi connectivity index (χ1) is 8.79. The van der Waals surface area contributed by atoms with E-state index in [9.17, 15) is 4.79 Å². The summed E-state index contributed by atoms with van der Waals surface area (Å²) in [6.07, 6.45) is 8.21. The van der Waals surface area contributed by atoms with Crippen molar-refractivity contribution in [2.75, 3.05) is 6.61 Å². The monoisotopic (exact) mass is 265 g/mol. The third kappa shape index (κ3) is 3.73. The lowest BCUT2D eigenvalue weighted by molar-refractivity contribution is 0.0525. The molecule has 18 heavy (non-hydrogen) atoms. The smallest absolute Gasteiger partial charge is 0.339 e. The van der Waals surface area contributed by atoms with Gasteiger partial charge in [0.15, 0.2) is 0 Å². The fourth-order valence-corrected chi connectivity index (χ4v) is 3.31. The molecular weight excluding hydrogens is 246 g/mol. The lowest BCUT2D eigenvalue weighted by Crippen LogP contribution is -2.08. The summed E-state index contributed by atoms with van der Waals surface area (Å²) in [4.78, 5) is 15.8. The zero-order valence-electron chi connectivity index (χ0n) is 10.7. The molecular formula is C14H19NO2S. The molecule has 0 aliphatic heterocycles. The Kier molecular flexibility index (Phi) is 5.05. The number of thioether (sulfide) groups is 1. The number of hydrogen-bond acceptors (Lipinski definition) is 4. The maximum absolute atomic E-state index is 11.5. The Hall–Kier alpha value is -1.03. The molecule has 2 rings (SSSR count). The third-order valence-corrected chi connectivity index (χ3v) is 4.37. The molecule has 1 aromatic heterocycles. The van der Waals surface area contributed by atoms with Crippen molar-refractivity contribution >= 4 is 17.7 Å². The van der Waals surface area contributed by atoms with Gasteiger partial charge in [-0.15, -0.1) is 11.8 Å². The van der Waals surface area contributed by atoms with Gasteiger partial charge in [-0.3, -0.25) is 0 Å². The van der Waals surface area contributed by atoms with E-state index in [1.807, 2.05) is 17.8 Å². The number of ether oxygens (including phenoxy) is 1. The van der Waals surface area contributed by atoms with Crippen molar-refractivity contribution < 1.29 is 9.53 Å². The highest BCUT2D eigenvalue weighted by molar-refractivity contribution is 7.99. The minimum Gasteiger partial charge on any atom is -0.462 e. The maximum atomic E-state index is 11.5. The Balaban J connectivity index is 1.92. The predicted molar refractivity (Wildman–Crippen MR) is 72.9 cm³/mol. The molecule has 1 fully saturated rings. The van der Waals surface area contributed by atoms with E-state index in [0.717, 1.165) is 5.03 Å². The number of pyridine rings is 1.